The molecule has 0 aromatic heterocycles. The van der Waals surface area contributed by atoms with Gasteiger partial charge in [0.25, 0.3) is 10.0 Å². The van der Waals surface area contributed by atoms with Gasteiger partial charge in [0.2, 0.25) is 0 Å². The third-order valence-corrected chi connectivity index (χ3v) is 6.07. The number of nitrogens with one attached hydrogen (secondary N) is 1. The van der Waals surface area contributed by atoms with E-state index in [9.17, 15) is 13.2 Å². The average Bonchev–Trinajstić information content (AvgIpc) is 2.71. The molecule has 29 heavy (non-hydrogen) atoms. The van der Waals surface area contributed by atoms with E-state index in [0.717, 1.165) is 25.2 Å². The van der Waals surface area contributed by atoms with Gasteiger partial charge in [-0.15, -0.1) is 0 Å². The summed E-state index contributed by atoms with van der Waals surface area (Å²) in [5.74, 6) is 0.818. The molecule has 0 bridgehead atoms. The summed E-state index contributed by atoms with van der Waals surface area (Å²) < 4.78 is 33.4. The van der Waals surface area contributed by atoms with Crippen LogP contribution >= 0.6 is 0 Å². The van der Waals surface area contributed by atoms with Crippen LogP contribution in [0, 0.1) is 0 Å². The fraction of sp³-hybridized carbons (Fsp3) is 0.409. The number of likely N-dealkylation sites (N-methyl/N-ethyl adjacent to an activating group) is 1. The molecule has 0 aliphatic rings. The van der Waals surface area contributed by atoms with Crippen molar-refractivity contribution in [1.82, 2.24) is 4.90 Å². The topological polar surface area (TPSA) is 75.7 Å². The summed E-state index contributed by atoms with van der Waals surface area (Å²) in [4.78, 5) is 13.5. The third kappa shape index (κ3) is 7.51. The van der Waals surface area contributed by atoms with Crippen molar-refractivity contribution >= 4 is 21.5 Å². The molecule has 7 heteroatoms. The van der Waals surface area contributed by atoms with Crippen LogP contribution in [-0.2, 0) is 21.2 Å². The van der Waals surface area contributed by atoms with E-state index in [-0.39, 0.29) is 10.7 Å². The van der Waals surface area contributed by atoms with Crippen LogP contribution in [0.5, 0.6) is 5.75 Å². The number of sulfonamides is 1. The minimum absolute atomic E-state index is 0.115. The lowest BCUT2D eigenvalue weighted by Crippen LogP contribution is -2.27. The van der Waals surface area contributed by atoms with Gasteiger partial charge in [0.15, 0.2) is 0 Å². The monoisotopic (exact) mass is 418 g/mol. The first-order valence-corrected chi connectivity index (χ1v) is 11.4. The second-order valence-electron chi connectivity index (χ2n) is 6.85. The van der Waals surface area contributed by atoms with E-state index in [0.29, 0.717) is 30.9 Å². The predicted octanol–water partition coefficient (Wildman–Crippen LogP) is 3.73. The molecule has 158 valence electrons. The van der Waals surface area contributed by atoms with E-state index in [1.807, 2.05) is 0 Å². The van der Waals surface area contributed by atoms with Crippen molar-refractivity contribution in [3.8, 4) is 5.75 Å². The fourth-order valence-corrected chi connectivity index (χ4v) is 3.88. The zero-order valence-corrected chi connectivity index (χ0v) is 18.2. The lowest BCUT2D eigenvalue weighted by atomic mass is 10.1. The van der Waals surface area contributed by atoms with Crippen molar-refractivity contribution in [1.29, 1.82) is 0 Å². The largest absolute Gasteiger partial charge is 0.492 e. The van der Waals surface area contributed by atoms with Crippen LogP contribution in [0.4, 0.5) is 5.69 Å². The van der Waals surface area contributed by atoms with Crippen LogP contribution < -0.4 is 9.46 Å². The van der Waals surface area contributed by atoms with Gasteiger partial charge >= 0.3 is 0 Å². The van der Waals surface area contributed by atoms with Gasteiger partial charge in [-0.25, -0.2) is 8.42 Å². The summed E-state index contributed by atoms with van der Waals surface area (Å²) in [6.07, 6.45) is 1.06. The molecule has 2 rings (SSSR count). The highest BCUT2D eigenvalue weighted by Crippen LogP contribution is 2.20. The summed E-state index contributed by atoms with van der Waals surface area (Å²) in [7, 11) is -3.67. The van der Waals surface area contributed by atoms with Gasteiger partial charge < -0.3 is 14.4 Å². The SMILES string of the molecule is CCN(CC)CCOc1ccc(NS(=O)(=O)c2ccc(CCC(C)=O)cc2)cc1. The van der Waals surface area contributed by atoms with Crippen molar-refractivity contribution in [2.75, 3.05) is 31.0 Å². The fourth-order valence-electron chi connectivity index (χ4n) is 2.82. The highest BCUT2D eigenvalue weighted by molar-refractivity contribution is 7.92. The Balaban J connectivity index is 1.93. The van der Waals surface area contributed by atoms with E-state index < -0.39 is 10.0 Å². The smallest absolute Gasteiger partial charge is 0.261 e. The van der Waals surface area contributed by atoms with Gasteiger partial charge in [0.05, 0.1) is 4.90 Å². The van der Waals surface area contributed by atoms with Crippen LogP contribution in [0.15, 0.2) is 53.4 Å². The van der Waals surface area contributed by atoms with Gasteiger partial charge in [0, 0.05) is 18.7 Å². The Bertz CT molecular complexity index is 874. The second-order valence-corrected chi connectivity index (χ2v) is 8.53. The number of nitrogens with zero attached hydrogens (tertiary/aromatic N) is 1. The highest BCUT2D eigenvalue weighted by atomic mass is 32.2. The summed E-state index contributed by atoms with van der Waals surface area (Å²) in [5, 5.41) is 0. The van der Waals surface area contributed by atoms with E-state index >= 15 is 0 Å². The molecule has 0 fully saturated rings. The molecule has 0 aliphatic carbocycles. The van der Waals surface area contributed by atoms with E-state index in [2.05, 4.69) is 23.5 Å². The molecule has 2 aromatic rings. The quantitative estimate of drug-likeness (QED) is 0.568. The second kappa shape index (κ2) is 11.0. The Hall–Kier alpha value is -2.38. The Morgan fingerprint density at radius 1 is 1.00 bits per heavy atom. The molecule has 0 heterocycles. The van der Waals surface area contributed by atoms with Crippen molar-refractivity contribution in [3.63, 3.8) is 0 Å². The number of rotatable bonds is 12. The number of ketones is 1. The Kier molecular flexibility index (Phi) is 8.67. The molecule has 0 spiro atoms. The number of hydrogen-bond donors (Lipinski definition) is 1. The first kappa shape index (κ1) is 22.9. The lowest BCUT2D eigenvalue weighted by molar-refractivity contribution is -0.116. The standard InChI is InChI=1S/C22H30N2O4S/c1-4-24(5-2)16-17-28-21-12-10-20(11-13-21)23-29(26,27)22-14-8-19(9-15-22)7-6-18(3)25/h8-15,23H,4-7,16-17H2,1-3H3. The number of carbonyl (C=O) groups excluding carboxylic acids is 1. The molecular weight excluding hydrogens is 388 g/mol. The van der Waals surface area contributed by atoms with Crippen molar-refractivity contribution in [2.24, 2.45) is 0 Å². The number of benzene rings is 2. The molecule has 0 atom stereocenters. The molecule has 1 N–H and O–H groups in total. The van der Waals surface area contributed by atoms with Gasteiger partial charge in [-0.2, -0.15) is 0 Å². The summed E-state index contributed by atoms with van der Waals surface area (Å²) in [6, 6.07) is 13.5. The minimum atomic E-state index is -3.67. The van der Waals surface area contributed by atoms with E-state index in [4.69, 9.17) is 4.74 Å². The van der Waals surface area contributed by atoms with E-state index in [1.165, 1.54) is 0 Å². The molecule has 6 nitrogen and oxygen atoms in total. The zero-order chi connectivity index (χ0) is 21.3. The third-order valence-electron chi connectivity index (χ3n) is 4.68. The lowest BCUT2D eigenvalue weighted by Gasteiger charge is -2.18. The molecule has 0 unspecified atom stereocenters. The summed E-state index contributed by atoms with van der Waals surface area (Å²) >= 11 is 0. The maximum Gasteiger partial charge on any atom is 0.261 e. The molecule has 0 saturated carbocycles. The van der Waals surface area contributed by atoms with Gasteiger partial charge in [-0.1, -0.05) is 26.0 Å². The number of Topliss-reactive ketones (excluding diaryl/α,β-unsaturated/α-hetero) is 1. The van der Waals surface area contributed by atoms with Crippen molar-refractivity contribution in [2.45, 2.75) is 38.5 Å². The molecule has 0 radical (unpaired) electrons. The Morgan fingerprint density at radius 3 is 2.17 bits per heavy atom. The zero-order valence-electron chi connectivity index (χ0n) is 17.3. The normalized spacial score (nSPS) is 11.4. The van der Waals surface area contributed by atoms with Crippen LogP contribution in [-0.4, -0.2) is 45.3 Å². The number of ether oxygens (including phenoxy) is 1. The minimum Gasteiger partial charge on any atom is -0.492 e. The molecule has 2 aromatic carbocycles. The van der Waals surface area contributed by atoms with Gasteiger partial charge in [0.1, 0.15) is 18.1 Å². The van der Waals surface area contributed by atoms with Crippen LogP contribution in [0.2, 0.25) is 0 Å². The molecular formula is C22H30N2O4S. The number of hydrogen-bond acceptors (Lipinski definition) is 5. The van der Waals surface area contributed by atoms with Gasteiger partial charge in [-0.05, 0) is 68.4 Å². The number of aryl methyl sites for hydroxylation is 1. The maximum absolute atomic E-state index is 12.6. The van der Waals surface area contributed by atoms with Crippen LogP contribution in [0.25, 0.3) is 0 Å². The summed E-state index contributed by atoms with van der Waals surface area (Å²) in [6.45, 7) is 9.18. The van der Waals surface area contributed by atoms with Crippen LogP contribution in [0.1, 0.15) is 32.8 Å². The first-order valence-electron chi connectivity index (χ1n) is 9.90. The maximum atomic E-state index is 12.6. The first-order chi connectivity index (χ1) is 13.8. The molecule has 0 saturated heterocycles. The average molecular weight is 419 g/mol. The van der Waals surface area contributed by atoms with Crippen molar-refractivity contribution < 1.29 is 17.9 Å². The van der Waals surface area contributed by atoms with Gasteiger partial charge in [-0.3, -0.25) is 4.72 Å². The Labute approximate surface area is 173 Å². The summed E-state index contributed by atoms with van der Waals surface area (Å²) in [5.41, 5.74) is 1.41. The number of anilines is 1. The Morgan fingerprint density at radius 2 is 1.62 bits per heavy atom. The molecule has 0 amide bonds. The van der Waals surface area contributed by atoms with Crippen molar-refractivity contribution in [3.05, 3.63) is 54.1 Å². The number of carbonyl (C=O) groups is 1. The predicted molar refractivity (Wildman–Crippen MR) is 116 cm³/mol. The van der Waals surface area contributed by atoms with E-state index in [1.54, 1.807) is 55.5 Å². The molecule has 0 aliphatic heterocycles. The highest BCUT2D eigenvalue weighted by Gasteiger charge is 2.14. The van der Waals surface area contributed by atoms with Crippen LogP contribution in [0.3, 0.4) is 0 Å².